The molecule has 0 spiro atoms. The Hall–Kier alpha value is -1.01. The number of aliphatic hydroxyl groups is 4. The van der Waals surface area contributed by atoms with Gasteiger partial charge in [-0.05, 0) is 87.9 Å². The average molecular weight is 733 g/mol. The molecular formula is C37H68N2O12. The minimum absolute atomic E-state index is 0.122. The van der Waals surface area contributed by atoms with Crippen LogP contribution in [0.25, 0.3) is 0 Å². The molecule has 51 heavy (non-hydrogen) atoms. The van der Waals surface area contributed by atoms with Crippen LogP contribution in [0, 0.1) is 17.8 Å². The fourth-order valence-electron chi connectivity index (χ4n) is 8.86. The fourth-order valence-corrected chi connectivity index (χ4v) is 8.86. The number of rotatable bonds is 7. The molecule has 14 nitrogen and oxygen atoms in total. The molecule has 0 aromatic carbocycles. The lowest BCUT2D eigenvalue weighted by atomic mass is 9.77. The molecule has 0 radical (unpaired) electrons. The van der Waals surface area contributed by atoms with E-state index in [1.165, 1.54) is 6.92 Å². The molecule has 18 atom stereocenters. The summed E-state index contributed by atoms with van der Waals surface area (Å²) in [6.07, 6.45) is -6.72. The molecule has 0 aromatic heterocycles. The number of methoxy groups -OCH3 is 1. The molecule has 0 bridgehead atoms. The SMILES string of the molecule is CC[C@H]1OC(=O)[C@H](C)[C@@H](O[C@H]2CC3(OC)O[C@H]3C(C)O2)[C@H](C)[C@@H](O[C@@H]2OC(C)CC(N(C)C)C2O)[C@](C)(O)C[C@@H](C)CN(C)[C@@H](C)[C@H](O)[C@]1(C)O. The lowest BCUT2D eigenvalue weighted by molar-refractivity contribution is -0.307. The van der Waals surface area contributed by atoms with E-state index in [9.17, 15) is 25.2 Å². The van der Waals surface area contributed by atoms with Crippen LogP contribution in [0.15, 0.2) is 0 Å². The molecule has 4 rings (SSSR count). The predicted octanol–water partition coefficient (Wildman–Crippen LogP) is 1.88. The summed E-state index contributed by atoms with van der Waals surface area (Å²) in [5.41, 5.74) is -3.31. The molecule has 4 fully saturated rings. The minimum atomic E-state index is -1.78. The maximum absolute atomic E-state index is 14.2. The number of cyclic esters (lactones) is 1. The van der Waals surface area contributed by atoms with Gasteiger partial charge in [-0.25, -0.2) is 0 Å². The zero-order valence-electron chi connectivity index (χ0n) is 33.1. The third-order valence-corrected chi connectivity index (χ3v) is 12.0. The summed E-state index contributed by atoms with van der Waals surface area (Å²) in [5.74, 6) is -3.32. The van der Waals surface area contributed by atoms with Crippen molar-refractivity contribution in [1.82, 2.24) is 9.80 Å². The molecule has 0 aromatic rings. The average Bonchev–Trinajstić information content (AvgIpc) is 3.79. The third kappa shape index (κ3) is 9.11. The quantitative estimate of drug-likeness (QED) is 0.221. The third-order valence-electron chi connectivity index (χ3n) is 12.0. The number of nitrogens with zero attached hydrogens (tertiary/aromatic N) is 2. The maximum Gasteiger partial charge on any atom is 0.311 e. The van der Waals surface area contributed by atoms with Gasteiger partial charge < -0.3 is 63.4 Å². The summed E-state index contributed by atoms with van der Waals surface area (Å²) in [7, 11) is 7.22. The number of likely N-dealkylation sites (N-methyl/N-ethyl adjacent to an activating group) is 2. The highest BCUT2D eigenvalue weighted by Crippen LogP contribution is 2.49. The first-order chi connectivity index (χ1) is 23.6. The highest BCUT2D eigenvalue weighted by molar-refractivity contribution is 5.73. The number of hydrogen-bond donors (Lipinski definition) is 4. The zero-order chi connectivity index (χ0) is 38.4. The molecular weight excluding hydrogens is 664 g/mol. The van der Waals surface area contributed by atoms with Crippen molar-refractivity contribution in [2.45, 2.75) is 178 Å². The van der Waals surface area contributed by atoms with E-state index in [4.69, 9.17) is 33.2 Å². The topological polar surface area (TPSA) is 172 Å². The molecule has 0 amide bonds. The molecule has 0 aliphatic carbocycles. The van der Waals surface area contributed by atoms with Gasteiger partial charge in [0.1, 0.15) is 30.0 Å². The van der Waals surface area contributed by atoms with E-state index in [1.54, 1.807) is 27.9 Å². The maximum atomic E-state index is 14.2. The molecule has 14 heteroatoms. The summed E-state index contributed by atoms with van der Waals surface area (Å²) in [4.78, 5) is 18.0. The number of aliphatic hydroxyl groups excluding tert-OH is 2. The molecule has 4 saturated heterocycles. The Morgan fingerprint density at radius 3 is 2.24 bits per heavy atom. The molecule has 4 aliphatic rings. The van der Waals surface area contributed by atoms with Crippen LogP contribution in [0.4, 0.5) is 0 Å². The number of epoxide rings is 1. The Labute approximate surface area is 305 Å². The van der Waals surface area contributed by atoms with E-state index in [0.29, 0.717) is 13.0 Å². The molecule has 5 unspecified atom stereocenters. The second-order valence-corrected chi connectivity index (χ2v) is 16.8. The number of esters is 1. The summed E-state index contributed by atoms with van der Waals surface area (Å²) < 4.78 is 43.5. The summed E-state index contributed by atoms with van der Waals surface area (Å²) in [6.45, 7) is 16.6. The van der Waals surface area contributed by atoms with Crippen LogP contribution in [0.3, 0.4) is 0 Å². The number of ether oxygens (including phenoxy) is 7. The van der Waals surface area contributed by atoms with Crippen molar-refractivity contribution in [1.29, 1.82) is 0 Å². The standard InChI is InChI=1S/C37H68N2O12/c1-14-26-36(9,44)30(41)23(6)39(12)18-19(2)16-35(8,43)31(50-34-28(40)25(38(10)11)15-20(3)46-34)21(4)29(22(5)33(42)48-26)49-27-17-37(45-13)32(51-37)24(7)47-27/h19-32,34,40-41,43-44H,14-18H2,1-13H3/t19-,20?,21+,22-,23+,24?,25?,26-,27+,28?,29+,30+,31-,32+,34+,35-,36-,37?/m1/s1. The summed E-state index contributed by atoms with van der Waals surface area (Å²) in [5, 5.41) is 47.2. The molecule has 4 aliphatic heterocycles. The first kappa shape index (κ1) is 42.7. The van der Waals surface area contributed by atoms with Crippen LogP contribution >= 0.6 is 0 Å². The van der Waals surface area contributed by atoms with Crippen molar-refractivity contribution >= 4 is 5.97 Å². The molecule has 0 saturated carbocycles. The lowest BCUT2D eigenvalue weighted by Gasteiger charge is -2.47. The van der Waals surface area contributed by atoms with Crippen molar-refractivity contribution in [2.24, 2.45) is 17.8 Å². The van der Waals surface area contributed by atoms with Crippen LogP contribution in [-0.4, -0.2) is 161 Å². The van der Waals surface area contributed by atoms with Gasteiger partial charge in [0.05, 0.1) is 42.4 Å². The molecule has 298 valence electrons. The van der Waals surface area contributed by atoms with Gasteiger partial charge in [-0.1, -0.05) is 20.8 Å². The van der Waals surface area contributed by atoms with E-state index >= 15 is 0 Å². The Bertz CT molecular complexity index is 1160. The van der Waals surface area contributed by atoms with Crippen LogP contribution < -0.4 is 0 Å². The van der Waals surface area contributed by atoms with Gasteiger partial charge in [0.15, 0.2) is 12.6 Å². The van der Waals surface area contributed by atoms with Crippen LogP contribution in [0.2, 0.25) is 0 Å². The number of carbonyl (C=O) groups is 1. The number of hydrogen-bond acceptors (Lipinski definition) is 14. The van der Waals surface area contributed by atoms with Gasteiger partial charge in [-0.2, -0.15) is 0 Å². The van der Waals surface area contributed by atoms with Crippen molar-refractivity contribution in [2.75, 3.05) is 34.8 Å². The van der Waals surface area contributed by atoms with Gasteiger partial charge in [0.2, 0.25) is 5.79 Å². The largest absolute Gasteiger partial charge is 0.459 e. The summed E-state index contributed by atoms with van der Waals surface area (Å²) >= 11 is 0. The second kappa shape index (κ2) is 16.4. The van der Waals surface area contributed by atoms with Crippen molar-refractivity contribution in [3.05, 3.63) is 0 Å². The first-order valence-electron chi connectivity index (χ1n) is 18.8. The Morgan fingerprint density at radius 1 is 1.00 bits per heavy atom. The molecule has 4 N–H and O–H groups in total. The van der Waals surface area contributed by atoms with Gasteiger partial charge in [0, 0.05) is 31.7 Å². The second-order valence-electron chi connectivity index (χ2n) is 16.8. The van der Waals surface area contributed by atoms with Crippen molar-refractivity contribution in [3.63, 3.8) is 0 Å². The van der Waals surface area contributed by atoms with Crippen molar-refractivity contribution < 1.29 is 58.4 Å². The summed E-state index contributed by atoms with van der Waals surface area (Å²) in [6, 6.07) is -0.776. The van der Waals surface area contributed by atoms with Crippen LogP contribution in [0.1, 0.15) is 88.0 Å². The van der Waals surface area contributed by atoms with E-state index in [1.807, 2.05) is 65.6 Å². The van der Waals surface area contributed by atoms with E-state index < -0.39 is 83.9 Å². The van der Waals surface area contributed by atoms with Gasteiger partial charge >= 0.3 is 5.97 Å². The Morgan fingerprint density at radius 2 is 1.65 bits per heavy atom. The normalized spacial score (nSPS) is 50.9. The van der Waals surface area contributed by atoms with Gasteiger partial charge in [-0.15, -0.1) is 0 Å². The van der Waals surface area contributed by atoms with E-state index in [-0.39, 0.29) is 49.5 Å². The highest BCUT2D eigenvalue weighted by atomic mass is 16.8. The predicted molar refractivity (Wildman–Crippen MR) is 187 cm³/mol. The Kier molecular flexibility index (Phi) is 13.7. The Balaban J connectivity index is 1.79. The lowest BCUT2D eigenvalue weighted by Crippen LogP contribution is -2.59. The fraction of sp³-hybridized carbons (Fsp3) is 0.973. The van der Waals surface area contributed by atoms with Gasteiger partial charge in [0.25, 0.3) is 0 Å². The first-order valence-corrected chi connectivity index (χ1v) is 18.8. The minimum Gasteiger partial charge on any atom is -0.459 e. The van der Waals surface area contributed by atoms with Gasteiger partial charge in [-0.3, -0.25) is 4.79 Å². The van der Waals surface area contributed by atoms with E-state index in [2.05, 4.69) is 0 Å². The highest BCUT2D eigenvalue weighted by Gasteiger charge is 2.65. The number of fused-ring (bicyclic) bond motifs is 1. The monoisotopic (exact) mass is 732 g/mol. The van der Waals surface area contributed by atoms with E-state index in [0.717, 1.165) is 0 Å². The zero-order valence-corrected chi connectivity index (χ0v) is 33.1. The smallest absolute Gasteiger partial charge is 0.311 e. The van der Waals surface area contributed by atoms with Crippen LogP contribution in [-0.2, 0) is 38.0 Å². The molecule has 4 heterocycles. The van der Waals surface area contributed by atoms with Crippen molar-refractivity contribution in [3.8, 4) is 0 Å². The number of carbonyl (C=O) groups excluding carboxylic acids is 1. The van der Waals surface area contributed by atoms with Crippen LogP contribution in [0.5, 0.6) is 0 Å².